The molecule has 0 aliphatic carbocycles. The molecule has 21 heavy (non-hydrogen) atoms. The molecule has 110 valence electrons. The molecule has 2 nitrogen and oxygen atoms in total. The number of para-hydroxylation sites is 1. The predicted octanol–water partition coefficient (Wildman–Crippen LogP) is 4.45. The molecule has 0 aromatic heterocycles. The molecule has 0 amide bonds. The zero-order valence-corrected chi connectivity index (χ0v) is 13.2. The van der Waals surface area contributed by atoms with Gasteiger partial charge in [-0.05, 0) is 48.2 Å². The Kier molecular flexibility index (Phi) is 4.39. The summed E-state index contributed by atoms with van der Waals surface area (Å²) in [5.41, 5.74) is 9.71. The Hall–Kier alpha value is -1.22. The molecule has 0 saturated heterocycles. The highest BCUT2D eigenvalue weighted by Crippen LogP contribution is 2.36. The van der Waals surface area contributed by atoms with E-state index < -0.39 is 0 Å². The van der Waals surface area contributed by atoms with Crippen LogP contribution in [0.3, 0.4) is 0 Å². The van der Waals surface area contributed by atoms with E-state index in [-0.39, 0.29) is 6.04 Å². The fraction of sp³-hybridized carbons (Fsp3) is 0.294. The van der Waals surface area contributed by atoms with Crippen LogP contribution in [-0.4, -0.2) is 13.1 Å². The van der Waals surface area contributed by atoms with Crippen molar-refractivity contribution in [3.8, 4) is 0 Å². The van der Waals surface area contributed by atoms with Gasteiger partial charge in [-0.3, -0.25) is 0 Å². The molecule has 2 aromatic carbocycles. The molecule has 0 spiro atoms. The number of aryl methyl sites for hydroxylation is 1. The maximum absolute atomic E-state index is 6.38. The third kappa shape index (κ3) is 2.89. The number of anilines is 1. The molecular weight excluding hydrogens is 303 g/mol. The number of fused-ring (bicyclic) bond motifs is 1. The van der Waals surface area contributed by atoms with Crippen molar-refractivity contribution >= 4 is 28.9 Å². The van der Waals surface area contributed by atoms with E-state index in [9.17, 15) is 0 Å². The summed E-state index contributed by atoms with van der Waals surface area (Å²) >= 11 is 12.5. The first kappa shape index (κ1) is 14.7. The van der Waals surface area contributed by atoms with Gasteiger partial charge in [0.1, 0.15) is 0 Å². The second-order valence-corrected chi connectivity index (χ2v) is 6.19. The molecule has 0 fully saturated rings. The molecule has 1 heterocycles. The van der Waals surface area contributed by atoms with E-state index in [2.05, 4.69) is 29.2 Å². The number of nitrogens with zero attached hydrogens (tertiary/aromatic N) is 1. The summed E-state index contributed by atoms with van der Waals surface area (Å²) in [5, 5.41) is 1.41. The Labute approximate surface area is 135 Å². The molecule has 2 aromatic rings. The zero-order valence-electron chi connectivity index (χ0n) is 11.7. The minimum Gasteiger partial charge on any atom is -0.363 e. The molecule has 1 aliphatic heterocycles. The molecule has 4 heteroatoms. The van der Waals surface area contributed by atoms with Gasteiger partial charge in [0, 0.05) is 28.8 Å². The lowest BCUT2D eigenvalue weighted by Crippen LogP contribution is -2.37. The summed E-state index contributed by atoms with van der Waals surface area (Å²) < 4.78 is 0. The normalized spacial score (nSPS) is 15.7. The summed E-state index contributed by atoms with van der Waals surface area (Å²) in [6, 6.07) is 14.2. The predicted molar refractivity (Wildman–Crippen MR) is 90.4 cm³/mol. The van der Waals surface area contributed by atoms with Gasteiger partial charge in [0.2, 0.25) is 0 Å². The average Bonchev–Trinajstić information content (AvgIpc) is 2.51. The van der Waals surface area contributed by atoms with Gasteiger partial charge in [0.15, 0.2) is 0 Å². The smallest absolute Gasteiger partial charge is 0.0679 e. The maximum Gasteiger partial charge on any atom is 0.0679 e. The minimum atomic E-state index is 0.0534. The van der Waals surface area contributed by atoms with Crippen molar-refractivity contribution in [3.63, 3.8) is 0 Å². The van der Waals surface area contributed by atoms with E-state index >= 15 is 0 Å². The summed E-state index contributed by atoms with van der Waals surface area (Å²) in [7, 11) is 0. The third-order valence-corrected chi connectivity index (χ3v) is 4.64. The fourth-order valence-corrected chi connectivity index (χ4v) is 3.50. The first-order valence-electron chi connectivity index (χ1n) is 7.20. The van der Waals surface area contributed by atoms with Crippen LogP contribution in [0.25, 0.3) is 0 Å². The second kappa shape index (κ2) is 6.27. The largest absolute Gasteiger partial charge is 0.363 e. The second-order valence-electron chi connectivity index (χ2n) is 5.34. The van der Waals surface area contributed by atoms with E-state index in [0.717, 1.165) is 30.0 Å². The van der Waals surface area contributed by atoms with Crippen molar-refractivity contribution in [1.82, 2.24) is 0 Å². The summed E-state index contributed by atoms with van der Waals surface area (Å²) in [6.07, 6.45) is 2.25. The molecule has 1 unspecified atom stereocenters. The van der Waals surface area contributed by atoms with E-state index in [1.54, 1.807) is 0 Å². The van der Waals surface area contributed by atoms with E-state index in [4.69, 9.17) is 28.9 Å². The van der Waals surface area contributed by atoms with Crippen molar-refractivity contribution in [2.45, 2.75) is 18.9 Å². The molecule has 0 saturated carbocycles. The highest BCUT2D eigenvalue weighted by Gasteiger charge is 2.25. The van der Waals surface area contributed by atoms with Crippen LogP contribution < -0.4 is 10.6 Å². The van der Waals surface area contributed by atoms with Crippen molar-refractivity contribution in [1.29, 1.82) is 0 Å². The van der Waals surface area contributed by atoms with Crippen LogP contribution in [-0.2, 0) is 6.42 Å². The van der Waals surface area contributed by atoms with Crippen LogP contribution in [0.4, 0.5) is 5.69 Å². The van der Waals surface area contributed by atoms with Crippen LogP contribution in [0.15, 0.2) is 42.5 Å². The lowest BCUT2D eigenvalue weighted by Gasteiger charge is -2.38. The highest BCUT2D eigenvalue weighted by atomic mass is 35.5. The van der Waals surface area contributed by atoms with Crippen LogP contribution >= 0.6 is 23.2 Å². The molecule has 3 rings (SSSR count). The molecule has 2 N–H and O–H groups in total. The van der Waals surface area contributed by atoms with Crippen LogP contribution in [0.2, 0.25) is 10.0 Å². The first-order valence-corrected chi connectivity index (χ1v) is 7.96. The Morgan fingerprint density at radius 2 is 1.95 bits per heavy atom. The standard InChI is InChI=1S/C17H18Cl2N2/c18-13-7-8-15(19)14(10-13)17(11-20)21-9-3-5-12-4-1-2-6-16(12)21/h1-2,4,6-8,10,17H,3,5,9,11,20H2. The van der Waals surface area contributed by atoms with Crippen molar-refractivity contribution < 1.29 is 0 Å². The van der Waals surface area contributed by atoms with E-state index in [1.807, 2.05) is 18.2 Å². The summed E-state index contributed by atoms with van der Waals surface area (Å²) in [4.78, 5) is 2.36. The van der Waals surface area contributed by atoms with Gasteiger partial charge in [-0.15, -0.1) is 0 Å². The van der Waals surface area contributed by atoms with Gasteiger partial charge in [0.05, 0.1) is 6.04 Å². The molecule has 0 radical (unpaired) electrons. The topological polar surface area (TPSA) is 29.3 Å². The zero-order chi connectivity index (χ0) is 14.8. The third-order valence-electron chi connectivity index (χ3n) is 4.06. The van der Waals surface area contributed by atoms with Crippen LogP contribution in [0.5, 0.6) is 0 Å². The SMILES string of the molecule is NCC(c1cc(Cl)ccc1Cl)N1CCCc2ccccc21. The molecular formula is C17H18Cl2N2. The highest BCUT2D eigenvalue weighted by molar-refractivity contribution is 6.33. The number of benzene rings is 2. The number of hydrogen-bond acceptors (Lipinski definition) is 2. The van der Waals surface area contributed by atoms with Gasteiger partial charge in [-0.25, -0.2) is 0 Å². The lowest BCUT2D eigenvalue weighted by atomic mass is 9.97. The number of rotatable bonds is 3. The molecule has 0 bridgehead atoms. The number of nitrogens with two attached hydrogens (primary N) is 1. The molecule has 1 aliphatic rings. The van der Waals surface area contributed by atoms with Crippen LogP contribution in [0.1, 0.15) is 23.6 Å². The summed E-state index contributed by atoms with van der Waals surface area (Å²) in [5.74, 6) is 0. The Morgan fingerprint density at radius 3 is 2.76 bits per heavy atom. The van der Waals surface area contributed by atoms with Crippen molar-refractivity contribution in [3.05, 3.63) is 63.6 Å². The van der Waals surface area contributed by atoms with Crippen molar-refractivity contribution in [2.75, 3.05) is 18.0 Å². The molecule has 1 atom stereocenters. The Bertz CT molecular complexity index is 642. The fourth-order valence-electron chi connectivity index (χ4n) is 3.08. The van der Waals surface area contributed by atoms with Gasteiger partial charge >= 0.3 is 0 Å². The van der Waals surface area contributed by atoms with E-state index in [0.29, 0.717) is 11.6 Å². The summed E-state index contributed by atoms with van der Waals surface area (Å²) in [6.45, 7) is 1.50. The number of halogens is 2. The average molecular weight is 321 g/mol. The lowest BCUT2D eigenvalue weighted by molar-refractivity contribution is 0.588. The first-order chi connectivity index (χ1) is 10.2. The Morgan fingerprint density at radius 1 is 1.14 bits per heavy atom. The van der Waals surface area contributed by atoms with Crippen LogP contribution in [0, 0.1) is 0 Å². The maximum atomic E-state index is 6.38. The number of hydrogen-bond donors (Lipinski definition) is 1. The van der Waals surface area contributed by atoms with E-state index in [1.165, 1.54) is 11.3 Å². The Balaban J connectivity index is 2.03. The monoisotopic (exact) mass is 320 g/mol. The van der Waals surface area contributed by atoms with Gasteiger partial charge in [-0.2, -0.15) is 0 Å². The van der Waals surface area contributed by atoms with Crippen molar-refractivity contribution in [2.24, 2.45) is 5.73 Å². The van der Waals surface area contributed by atoms with Gasteiger partial charge in [-0.1, -0.05) is 41.4 Å². The minimum absolute atomic E-state index is 0.0534. The quantitative estimate of drug-likeness (QED) is 0.905. The van der Waals surface area contributed by atoms with Gasteiger partial charge < -0.3 is 10.6 Å². The van der Waals surface area contributed by atoms with Gasteiger partial charge in [0.25, 0.3) is 0 Å².